The van der Waals surface area contributed by atoms with Crippen LogP contribution >= 0.6 is 0 Å². The molecule has 18 heavy (non-hydrogen) atoms. The third-order valence-electron chi connectivity index (χ3n) is 2.49. The molecule has 1 N–H and O–H groups in total. The first-order valence-electron chi connectivity index (χ1n) is 4.91. The van der Waals surface area contributed by atoms with Crippen LogP contribution in [-0.2, 0) is 4.74 Å². The Labute approximate surface area is 146 Å². The van der Waals surface area contributed by atoms with E-state index in [4.69, 9.17) is 0 Å². The summed E-state index contributed by atoms with van der Waals surface area (Å²) in [6, 6.07) is 2.33. The number of methoxy groups -OCH3 is 1. The molecule has 1 aromatic carbocycles. The van der Waals surface area contributed by atoms with Crippen LogP contribution in [0.5, 0.6) is 0 Å². The topological polar surface area (TPSA) is 38.3 Å². The Hall–Kier alpha value is -0.0187. The van der Waals surface area contributed by atoms with E-state index in [1.165, 1.54) is 20.0 Å². The molecule has 0 aromatic heterocycles. The normalized spacial score (nSPS) is 10.6. The van der Waals surface area contributed by atoms with Crippen molar-refractivity contribution in [3.8, 4) is 0 Å². The number of halogens is 3. The summed E-state index contributed by atoms with van der Waals surface area (Å²) in [6.07, 6.45) is 0. The van der Waals surface area contributed by atoms with Gasteiger partial charge in [0.15, 0.2) is 0 Å². The fraction of sp³-hybridized carbons (Fsp3) is 0.300. The molecule has 0 saturated heterocycles. The van der Waals surface area contributed by atoms with E-state index >= 15 is 0 Å². The second-order valence-electron chi connectivity index (χ2n) is 3.55. The van der Waals surface area contributed by atoms with E-state index in [2.05, 4.69) is 10.1 Å². The molecule has 3 nitrogen and oxygen atoms in total. The largest absolute Gasteiger partial charge is 1.00 e. The molecular weight excluding hydrogens is 273 g/mol. The predicted molar refractivity (Wildman–Crippen MR) is 60.8 cm³/mol. The summed E-state index contributed by atoms with van der Waals surface area (Å²) < 4.78 is 42.8. The minimum Gasteiger partial charge on any atom is -0.465 e. The van der Waals surface area contributed by atoms with Crippen LogP contribution in [0.4, 0.5) is 18.6 Å². The van der Waals surface area contributed by atoms with Crippen LogP contribution in [0.25, 0.3) is 0 Å². The maximum Gasteiger partial charge on any atom is 1.00 e. The number of anilines is 1. The Kier molecular flexibility index (Phi) is 6.94. The van der Waals surface area contributed by atoms with Crippen LogP contribution in [0.1, 0.15) is 15.9 Å². The van der Waals surface area contributed by atoms with Gasteiger partial charge in [-0.15, -0.1) is 5.46 Å². The Morgan fingerprint density at radius 1 is 1.33 bits per heavy atom. The first kappa shape index (κ1) is 18.0. The molecule has 1 rings (SSSR count). The van der Waals surface area contributed by atoms with E-state index in [0.717, 1.165) is 13.2 Å². The number of esters is 1. The Balaban J connectivity index is 0.00000289. The molecule has 0 bridgehead atoms. The zero-order valence-corrected chi connectivity index (χ0v) is 13.8. The summed E-state index contributed by atoms with van der Waals surface area (Å²) >= 11 is 0. The van der Waals surface area contributed by atoms with Gasteiger partial charge in [0.1, 0.15) is 0 Å². The van der Waals surface area contributed by atoms with Crippen molar-refractivity contribution < 1.29 is 73.9 Å². The molecule has 94 valence electrons. The maximum atomic E-state index is 12.8. The molecule has 0 aliphatic rings. The number of carbonyl (C=O) groups is 1. The number of ether oxygens (including phenoxy) is 1. The summed E-state index contributed by atoms with van der Waals surface area (Å²) in [6.45, 7) is -3.90. The van der Waals surface area contributed by atoms with Gasteiger partial charge in [0.2, 0.25) is 0 Å². The SMILES string of the molecule is CNc1cc(C(=O)OC)c(C)c([B-](F)(F)F)c1.[K+]. The van der Waals surface area contributed by atoms with Crippen molar-refractivity contribution in [1.82, 2.24) is 0 Å². The summed E-state index contributed by atoms with van der Waals surface area (Å²) in [5.41, 5.74) is -0.737. The molecule has 0 fully saturated rings. The van der Waals surface area contributed by atoms with E-state index in [9.17, 15) is 17.7 Å². The number of hydrogen-bond donors (Lipinski definition) is 1. The second-order valence-corrected chi connectivity index (χ2v) is 3.55. The second kappa shape index (κ2) is 6.95. The van der Waals surface area contributed by atoms with Gasteiger partial charge in [-0.3, -0.25) is 0 Å². The zero-order chi connectivity index (χ0) is 13.2. The quantitative estimate of drug-likeness (QED) is 0.565. The van der Waals surface area contributed by atoms with Gasteiger partial charge in [0, 0.05) is 12.7 Å². The molecule has 0 spiro atoms. The van der Waals surface area contributed by atoms with E-state index < -0.39 is 18.4 Å². The monoisotopic (exact) mass is 285 g/mol. The molecule has 0 unspecified atom stereocenters. The summed E-state index contributed by atoms with van der Waals surface area (Å²) in [5, 5.41) is 2.59. The van der Waals surface area contributed by atoms with Gasteiger partial charge in [-0.25, -0.2) is 4.79 Å². The number of rotatable bonds is 3. The summed E-state index contributed by atoms with van der Waals surface area (Å²) in [5.74, 6) is -0.777. The molecule has 0 saturated carbocycles. The number of carbonyl (C=O) groups excluding carboxylic acids is 1. The van der Waals surface area contributed by atoms with Gasteiger partial charge in [-0.05, 0) is 13.0 Å². The van der Waals surface area contributed by atoms with E-state index in [1.807, 2.05) is 0 Å². The van der Waals surface area contributed by atoms with Crippen LogP contribution in [0.15, 0.2) is 12.1 Å². The fourth-order valence-electron chi connectivity index (χ4n) is 1.54. The van der Waals surface area contributed by atoms with Gasteiger partial charge >= 0.3 is 64.3 Å². The Morgan fingerprint density at radius 2 is 1.89 bits per heavy atom. The smallest absolute Gasteiger partial charge is 0.465 e. The maximum absolute atomic E-state index is 12.8. The van der Waals surface area contributed by atoms with Gasteiger partial charge in [-0.2, -0.15) is 0 Å². The number of nitrogens with one attached hydrogen (secondary N) is 1. The van der Waals surface area contributed by atoms with E-state index in [0.29, 0.717) is 0 Å². The van der Waals surface area contributed by atoms with Gasteiger partial charge in [0.05, 0.1) is 12.7 Å². The number of hydrogen-bond acceptors (Lipinski definition) is 3. The first-order valence-corrected chi connectivity index (χ1v) is 4.91. The minimum atomic E-state index is -5.16. The molecule has 1 aromatic rings. The van der Waals surface area contributed by atoms with E-state index in [-0.39, 0.29) is 68.2 Å². The Morgan fingerprint density at radius 3 is 2.28 bits per heavy atom. The van der Waals surface area contributed by atoms with Crippen molar-refractivity contribution in [3.63, 3.8) is 0 Å². The van der Waals surface area contributed by atoms with Gasteiger partial charge in [0.25, 0.3) is 0 Å². The molecule has 0 radical (unpaired) electrons. The fourth-order valence-corrected chi connectivity index (χ4v) is 1.54. The van der Waals surface area contributed by atoms with Crippen LogP contribution in [-0.4, -0.2) is 27.1 Å². The summed E-state index contributed by atoms with van der Waals surface area (Å²) in [4.78, 5) is 11.4. The Bertz CT molecular complexity index is 451. The number of benzene rings is 1. The van der Waals surface area contributed by atoms with Crippen LogP contribution in [0.3, 0.4) is 0 Å². The molecule has 0 aliphatic carbocycles. The third-order valence-corrected chi connectivity index (χ3v) is 2.49. The molecule has 0 amide bonds. The standard InChI is InChI=1S/C10H12BF3NO2.K/c1-6-8(10(16)17-3)4-7(15-2)5-9(6)11(12,13)14;/h4-5,15H,1-3H3;/q-1;+1. The first-order chi connectivity index (χ1) is 7.81. The summed E-state index contributed by atoms with van der Waals surface area (Å²) in [7, 11) is 2.62. The molecule has 8 heteroatoms. The molecule has 0 aliphatic heterocycles. The minimum absolute atomic E-state index is 0. The molecular formula is C10H12BF3KNO2. The van der Waals surface area contributed by atoms with Crippen molar-refractivity contribution >= 4 is 24.1 Å². The van der Waals surface area contributed by atoms with Crippen molar-refractivity contribution in [2.45, 2.75) is 6.92 Å². The van der Waals surface area contributed by atoms with Crippen molar-refractivity contribution in [1.29, 1.82) is 0 Å². The van der Waals surface area contributed by atoms with Crippen molar-refractivity contribution in [3.05, 3.63) is 23.3 Å². The average molecular weight is 285 g/mol. The van der Waals surface area contributed by atoms with Crippen molar-refractivity contribution in [2.24, 2.45) is 0 Å². The molecule has 0 heterocycles. The third kappa shape index (κ3) is 3.99. The van der Waals surface area contributed by atoms with Crippen LogP contribution in [0, 0.1) is 6.92 Å². The van der Waals surface area contributed by atoms with E-state index in [1.54, 1.807) is 0 Å². The van der Waals surface area contributed by atoms with Gasteiger partial charge in [-0.1, -0.05) is 11.6 Å². The average Bonchev–Trinajstić information content (AvgIpc) is 2.26. The predicted octanol–water partition coefficient (Wildman–Crippen LogP) is -1.12. The van der Waals surface area contributed by atoms with Crippen molar-refractivity contribution in [2.75, 3.05) is 19.5 Å². The zero-order valence-electron chi connectivity index (χ0n) is 10.7. The van der Waals surface area contributed by atoms with Crippen LogP contribution < -0.4 is 62.2 Å². The molecule has 0 atom stereocenters. The van der Waals surface area contributed by atoms with Crippen LogP contribution in [0.2, 0.25) is 0 Å². The van der Waals surface area contributed by atoms with Gasteiger partial charge < -0.3 is 23.0 Å².